The Labute approximate surface area is 172 Å². The Kier molecular flexibility index (Phi) is 6.21. The molecule has 1 aliphatic rings. The number of hydrogen-bond acceptors (Lipinski definition) is 7. The van der Waals surface area contributed by atoms with Crippen molar-refractivity contribution < 1.29 is 13.9 Å². The fourth-order valence-electron chi connectivity index (χ4n) is 3.40. The SMILES string of the molecule is O=C(COc1ccc2ccc(=O)oc2c1)Nc1nc(CN2CCCCCC2)cs1. The first kappa shape index (κ1) is 19.6. The molecule has 1 amide bonds. The number of ether oxygens (including phenoxy) is 1. The predicted molar refractivity (Wildman–Crippen MR) is 112 cm³/mol. The van der Waals surface area contributed by atoms with E-state index in [0.717, 1.165) is 30.7 Å². The molecular formula is C21H23N3O4S. The first-order valence-electron chi connectivity index (χ1n) is 9.79. The van der Waals surface area contributed by atoms with Gasteiger partial charge in [-0.05, 0) is 44.1 Å². The second kappa shape index (κ2) is 9.19. The van der Waals surface area contributed by atoms with Crippen molar-refractivity contribution in [3.05, 3.63) is 51.8 Å². The molecule has 0 radical (unpaired) electrons. The highest BCUT2D eigenvalue weighted by atomic mass is 32.1. The van der Waals surface area contributed by atoms with Gasteiger partial charge in [-0.25, -0.2) is 9.78 Å². The molecule has 7 nitrogen and oxygen atoms in total. The van der Waals surface area contributed by atoms with Gasteiger partial charge in [0.05, 0.1) is 5.69 Å². The summed E-state index contributed by atoms with van der Waals surface area (Å²) in [6.45, 7) is 2.90. The number of rotatable bonds is 6. The van der Waals surface area contributed by atoms with Crippen LogP contribution in [0.25, 0.3) is 11.0 Å². The van der Waals surface area contributed by atoms with Crippen molar-refractivity contribution in [2.45, 2.75) is 32.2 Å². The second-order valence-electron chi connectivity index (χ2n) is 7.13. The molecule has 1 aromatic carbocycles. The summed E-state index contributed by atoms with van der Waals surface area (Å²) in [4.78, 5) is 30.5. The Bertz CT molecular complexity index is 1040. The highest BCUT2D eigenvalue weighted by Gasteiger charge is 2.13. The highest BCUT2D eigenvalue weighted by Crippen LogP contribution is 2.21. The van der Waals surface area contributed by atoms with E-state index in [9.17, 15) is 9.59 Å². The van der Waals surface area contributed by atoms with Gasteiger partial charge < -0.3 is 9.15 Å². The van der Waals surface area contributed by atoms with Crippen molar-refractivity contribution in [3.8, 4) is 5.75 Å². The summed E-state index contributed by atoms with van der Waals surface area (Å²) in [7, 11) is 0. The Morgan fingerprint density at radius 2 is 1.97 bits per heavy atom. The van der Waals surface area contributed by atoms with Gasteiger partial charge in [-0.15, -0.1) is 11.3 Å². The van der Waals surface area contributed by atoms with Crippen LogP contribution in [0.15, 0.2) is 44.9 Å². The zero-order chi connectivity index (χ0) is 20.1. The van der Waals surface area contributed by atoms with Crippen LogP contribution in [0.1, 0.15) is 31.4 Å². The van der Waals surface area contributed by atoms with E-state index in [1.807, 2.05) is 5.38 Å². The summed E-state index contributed by atoms with van der Waals surface area (Å²) >= 11 is 1.42. The molecule has 4 rings (SSSR count). The van der Waals surface area contributed by atoms with Crippen LogP contribution in [-0.4, -0.2) is 35.5 Å². The number of nitrogens with zero attached hydrogens (tertiary/aromatic N) is 2. The molecule has 3 aromatic rings. The first-order chi connectivity index (χ1) is 14.2. The number of hydrogen-bond donors (Lipinski definition) is 1. The molecule has 1 saturated heterocycles. The van der Waals surface area contributed by atoms with Crippen molar-refractivity contribution in [1.29, 1.82) is 0 Å². The molecule has 152 valence electrons. The summed E-state index contributed by atoms with van der Waals surface area (Å²) in [5.41, 5.74) is 0.985. The Morgan fingerprint density at radius 3 is 2.79 bits per heavy atom. The third-order valence-electron chi connectivity index (χ3n) is 4.85. The van der Waals surface area contributed by atoms with Gasteiger partial charge in [0.1, 0.15) is 11.3 Å². The van der Waals surface area contributed by atoms with E-state index in [4.69, 9.17) is 9.15 Å². The van der Waals surface area contributed by atoms with Crippen molar-refractivity contribution >= 4 is 33.3 Å². The summed E-state index contributed by atoms with van der Waals surface area (Å²) in [6, 6.07) is 8.17. The van der Waals surface area contributed by atoms with Gasteiger partial charge in [0.15, 0.2) is 11.7 Å². The quantitative estimate of drug-likeness (QED) is 0.621. The Hall–Kier alpha value is -2.71. The minimum atomic E-state index is -0.424. The number of aromatic nitrogens is 1. The number of fused-ring (bicyclic) bond motifs is 1. The van der Waals surface area contributed by atoms with Gasteiger partial charge in [-0.2, -0.15) is 0 Å². The van der Waals surface area contributed by atoms with Crippen LogP contribution < -0.4 is 15.7 Å². The maximum absolute atomic E-state index is 12.2. The van der Waals surface area contributed by atoms with Crippen molar-refractivity contribution in [3.63, 3.8) is 0 Å². The molecule has 29 heavy (non-hydrogen) atoms. The van der Waals surface area contributed by atoms with Crippen molar-refractivity contribution in [2.24, 2.45) is 0 Å². The molecule has 1 aliphatic heterocycles. The maximum atomic E-state index is 12.2. The monoisotopic (exact) mass is 413 g/mol. The lowest BCUT2D eigenvalue weighted by Gasteiger charge is -2.17. The van der Waals surface area contributed by atoms with Gasteiger partial charge in [0.25, 0.3) is 5.91 Å². The molecule has 0 saturated carbocycles. The van der Waals surface area contributed by atoms with Crippen LogP contribution >= 0.6 is 11.3 Å². The van der Waals surface area contributed by atoms with Crippen molar-refractivity contribution in [2.75, 3.05) is 25.0 Å². The summed E-state index contributed by atoms with van der Waals surface area (Å²) < 4.78 is 10.7. The van der Waals surface area contributed by atoms with E-state index in [0.29, 0.717) is 16.5 Å². The minimum absolute atomic E-state index is 0.149. The minimum Gasteiger partial charge on any atom is -0.484 e. The topological polar surface area (TPSA) is 84.7 Å². The molecule has 0 atom stereocenters. The second-order valence-corrected chi connectivity index (χ2v) is 7.98. The van der Waals surface area contributed by atoms with E-state index in [-0.39, 0.29) is 12.5 Å². The number of thiazole rings is 1. The van der Waals surface area contributed by atoms with Gasteiger partial charge in [0, 0.05) is 29.4 Å². The van der Waals surface area contributed by atoms with Gasteiger partial charge >= 0.3 is 5.63 Å². The lowest BCUT2D eigenvalue weighted by molar-refractivity contribution is -0.118. The molecule has 0 aliphatic carbocycles. The molecule has 0 bridgehead atoms. The number of amides is 1. The summed E-state index contributed by atoms with van der Waals surface area (Å²) in [6.07, 6.45) is 5.09. The van der Waals surface area contributed by atoms with E-state index in [1.165, 1.54) is 43.1 Å². The van der Waals surface area contributed by atoms with Gasteiger partial charge in [-0.3, -0.25) is 15.0 Å². The van der Waals surface area contributed by atoms with Gasteiger partial charge in [0.2, 0.25) is 0 Å². The molecule has 3 heterocycles. The van der Waals surface area contributed by atoms with Crippen LogP contribution in [0.2, 0.25) is 0 Å². The van der Waals surface area contributed by atoms with Crippen LogP contribution in [0.4, 0.5) is 5.13 Å². The number of carbonyl (C=O) groups is 1. The molecule has 1 N–H and O–H groups in total. The fourth-order valence-corrected chi connectivity index (χ4v) is 4.11. The third-order valence-corrected chi connectivity index (χ3v) is 5.65. The average molecular weight is 413 g/mol. The number of nitrogens with one attached hydrogen (secondary N) is 1. The van der Waals surface area contributed by atoms with Crippen LogP contribution in [0, 0.1) is 0 Å². The average Bonchev–Trinajstić information content (AvgIpc) is 2.98. The lowest BCUT2D eigenvalue weighted by Crippen LogP contribution is -2.24. The Balaban J connectivity index is 1.29. The number of likely N-dealkylation sites (tertiary alicyclic amines) is 1. The van der Waals surface area contributed by atoms with Crippen molar-refractivity contribution in [1.82, 2.24) is 9.88 Å². The number of benzene rings is 1. The number of anilines is 1. The smallest absolute Gasteiger partial charge is 0.336 e. The lowest BCUT2D eigenvalue weighted by atomic mass is 10.2. The fraction of sp³-hybridized carbons (Fsp3) is 0.381. The van der Waals surface area contributed by atoms with E-state index < -0.39 is 5.63 Å². The molecule has 2 aromatic heterocycles. The maximum Gasteiger partial charge on any atom is 0.336 e. The highest BCUT2D eigenvalue weighted by molar-refractivity contribution is 7.13. The van der Waals surface area contributed by atoms with Crippen LogP contribution in [0.5, 0.6) is 5.75 Å². The molecule has 8 heteroatoms. The number of carbonyl (C=O) groups excluding carboxylic acids is 1. The largest absolute Gasteiger partial charge is 0.484 e. The molecular weight excluding hydrogens is 390 g/mol. The van der Waals surface area contributed by atoms with E-state index in [1.54, 1.807) is 24.3 Å². The van der Waals surface area contributed by atoms with Gasteiger partial charge in [-0.1, -0.05) is 12.8 Å². The third kappa shape index (κ3) is 5.42. The molecule has 1 fully saturated rings. The normalized spacial score (nSPS) is 15.2. The molecule has 0 unspecified atom stereocenters. The standard InChI is InChI=1S/C21H23N3O4S/c25-19(13-27-17-7-5-15-6-8-20(26)28-18(15)11-17)23-21-22-16(14-29-21)12-24-9-3-1-2-4-10-24/h5-8,11,14H,1-4,9-10,12-13H2,(H,22,23,25). The summed E-state index contributed by atoms with van der Waals surface area (Å²) in [5.74, 6) is 0.179. The van der Waals surface area contributed by atoms with E-state index >= 15 is 0 Å². The Morgan fingerprint density at radius 1 is 1.17 bits per heavy atom. The first-order valence-corrected chi connectivity index (χ1v) is 10.7. The summed E-state index contributed by atoms with van der Waals surface area (Å²) in [5, 5.41) is 6.14. The molecule has 0 spiro atoms. The van der Waals surface area contributed by atoms with Crippen LogP contribution in [0.3, 0.4) is 0 Å². The van der Waals surface area contributed by atoms with Crippen LogP contribution in [-0.2, 0) is 11.3 Å². The zero-order valence-corrected chi connectivity index (χ0v) is 16.9. The zero-order valence-electron chi connectivity index (χ0n) is 16.1. The predicted octanol–water partition coefficient (Wildman–Crippen LogP) is 3.64. The van der Waals surface area contributed by atoms with E-state index in [2.05, 4.69) is 15.2 Å².